The number of rotatable bonds is 6. The Hall–Kier alpha value is 0.1000. The van der Waals surface area contributed by atoms with Crippen LogP contribution in [0.4, 0.5) is 0 Å². The van der Waals surface area contributed by atoms with Crippen LogP contribution in [-0.4, -0.2) is 27.6 Å². The van der Waals surface area contributed by atoms with Gasteiger partial charge in [0.15, 0.2) is 0 Å². The van der Waals surface area contributed by atoms with Crippen LogP contribution in [0.1, 0.15) is 13.8 Å². The van der Waals surface area contributed by atoms with Gasteiger partial charge in [0, 0.05) is 4.92 Å². The van der Waals surface area contributed by atoms with Crippen molar-refractivity contribution in [2.75, 3.05) is 18.1 Å². The Morgan fingerprint density at radius 3 is 2.09 bits per heavy atom. The van der Waals surface area contributed by atoms with E-state index in [9.17, 15) is 10.1 Å². The summed E-state index contributed by atoms with van der Waals surface area (Å²) in [6, 6.07) is 0. The van der Waals surface area contributed by atoms with Crippen LogP contribution in [0.5, 0.6) is 0 Å². The normalized spacial score (nSPS) is 10.5. The number of nitrogens with zero attached hydrogens (tertiary/aromatic N) is 1. The first-order chi connectivity index (χ1) is 5.20. The molecule has 0 aromatic carbocycles. The predicted molar refractivity (Wildman–Crippen MR) is 51.9 cm³/mol. The van der Waals surface area contributed by atoms with Gasteiger partial charge in [0.25, 0.3) is 0 Å². The average molecular weight is 195 g/mol. The first-order valence-corrected chi connectivity index (χ1v) is 5.65. The lowest BCUT2D eigenvalue weighted by Crippen LogP contribution is -2.13. The summed E-state index contributed by atoms with van der Waals surface area (Å²) in [5.41, 5.74) is 0. The highest BCUT2D eigenvalue weighted by Crippen LogP contribution is 2.22. The lowest BCUT2D eigenvalue weighted by atomic mass is 10.8. The number of hydrogen-bond donors (Lipinski definition) is 0. The molecule has 3 nitrogen and oxygen atoms in total. The highest BCUT2D eigenvalue weighted by atomic mass is 32.2. The number of hydrogen-bond acceptors (Lipinski definition) is 4. The van der Waals surface area contributed by atoms with Crippen molar-refractivity contribution in [1.82, 2.24) is 0 Å². The number of nitro groups is 1. The maximum atomic E-state index is 10.1. The van der Waals surface area contributed by atoms with E-state index < -0.39 is 0 Å². The van der Waals surface area contributed by atoms with Gasteiger partial charge >= 0.3 is 0 Å². The van der Waals surface area contributed by atoms with Gasteiger partial charge in [-0.15, -0.1) is 23.5 Å². The van der Waals surface area contributed by atoms with Crippen LogP contribution in [0.3, 0.4) is 0 Å². The monoisotopic (exact) mass is 195 g/mol. The summed E-state index contributed by atoms with van der Waals surface area (Å²) < 4.78 is 0.139. The van der Waals surface area contributed by atoms with E-state index in [0.29, 0.717) is 0 Å². The molecule has 0 aliphatic rings. The lowest BCUT2D eigenvalue weighted by Gasteiger charge is -2.08. The molecule has 5 heteroatoms. The fourth-order valence-corrected chi connectivity index (χ4v) is 3.05. The van der Waals surface area contributed by atoms with Gasteiger partial charge < -0.3 is 0 Å². The molecule has 0 unspecified atom stereocenters. The Kier molecular flexibility index (Phi) is 6.85. The van der Waals surface area contributed by atoms with Crippen molar-refractivity contribution >= 4 is 23.5 Å². The molecule has 0 aliphatic heterocycles. The highest BCUT2D eigenvalue weighted by Gasteiger charge is 2.13. The van der Waals surface area contributed by atoms with E-state index in [1.165, 1.54) is 0 Å². The first-order valence-electron chi connectivity index (χ1n) is 3.55. The van der Waals surface area contributed by atoms with E-state index in [4.69, 9.17) is 0 Å². The zero-order valence-corrected chi connectivity index (χ0v) is 8.41. The summed E-state index contributed by atoms with van der Waals surface area (Å²) in [7, 11) is 0. The summed E-state index contributed by atoms with van der Waals surface area (Å²) in [5.74, 6) is 1.90. The second-order valence-corrected chi connectivity index (χ2v) is 5.11. The van der Waals surface area contributed by atoms with Crippen LogP contribution < -0.4 is 0 Å². The van der Waals surface area contributed by atoms with Crippen LogP contribution >= 0.6 is 23.5 Å². The summed E-state index contributed by atoms with van der Waals surface area (Å²) in [6.45, 7) is 4.12. The smallest absolute Gasteiger partial charge is 0.224 e. The quantitative estimate of drug-likeness (QED) is 0.370. The molecule has 0 fully saturated rings. The Bertz CT molecular complexity index is 115. The molecule has 0 saturated heterocycles. The second-order valence-electron chi connectivity index (χ2n) is 1.86. The third kappa shape index (κ3) is 6.50. The van der Waals surface area contributed by atoms with Crippen molar-refractivity contribution in [2.45, 2.75) is 18.4 Å². The fourth-order valence-electron chi connectivity index (χ4n) is 0.647. The molecule has 66 valence electrons. The molecule has 0 amide bonds. The minimum atomic E-state index is -0.240. The zero-order valence-electron chi connectivity index (χ0n) is 6.78. The van der Waals surface area contributed by atoms with Crippen LogP contribution in [0.25, 0.3) is 0 Å². The summed E-state index contributed by atoms with van der Waals surface area (Å²) in [6.07, 6.45) is 0. The lowest BCUT2D eigenvalue weighted by molar-refractivity contribution is -0.476. The molecular weight excluding hydrogens is 182 g/mol. The number of thioether (sulfide) groups is 2. The van der Waals surface area contributed by atoms with E-state index in [1.807, 2.05) is 13.8 Å². The minimum absolute atomic E-state index is 0.0804. The van der Waals surface area contributed by atoms with Crippen LogP contribution in [0.15, 0.2) is 0 Å². The Morgan fingerprint density at radius 2 is 1.82 bits per heavy atom. The molecule has 0 radical (unpaired) electrons. The molecule has 0 rings (SSSR count). The first kappa shape index (κ1) is 11.1. The molecule has 0 atom stereocenters. The van der Waals surface area contributed by atoms with Crippen molar-refractivity contribution in [1.29, 1.82) is 0 Å². The third-order valence-electron chi connectivity index (χ3n) is 1.00. The van der Waals surface area contributed by atoms with E-state index in [2.05, 4.69) is 0 Å². The predicted octanol–water partition coefficient (Wildman–Crippen LogP) is 2.10. The van der Waals surface area contributed by atoms with E-state index in [0.717, 1.165) is 11.5 Å². The SMILES string of the molecule is CCSC(C[N+](=O)[O-])SCC. The van der Waals surface area contributed by atoms with Crippen molar-refractivity contribution in [3.05, 3.63) is 10.1 Å². The molecule has 0 N–H and O–H groups in total. The molecule has 0 heterocycles. The highest BCUT2D eigenvalue weighted by molar-refractivity contribution is 8.17. The molecule has 0 aromatic rings. The van der Waals surface area contributed by atoms with Crippen LogP contribution in [0.2, 0.25) is 0 Å². The van der Waals surface area contributed by atoms with Gasteiger partial charge in [0.1, 0.15) is 4.58 Å². The van der Waals surface area contributed by atoms with Gasteiger partial charge in [-0.1, -0.05) is 13.8 Å². The average Bonchev–Trinajstić information content (AvgIpc) is 1.87. The molecule has 0 bridgehead atoms. The fraction of sp³-hybridized carbons (Fsp3) is 1.00. The zero-order chi connectivity index (χ0) is 8.69. The standard InChI is InChI=1S/C6H13NO2S2/c1-3-10-6(11-4-2)5-7(8)9/h6H,3-5H2,1-2H3. The van der Waals surface area contributed by atoms with Crippen LogP contribution in [-0.2, 0) is 0 Å². The van der Waals surface area contributed by atoms with Gasteiger partial charge in [0.2, 0.25) is 6.54 Å². The maximum absolute atomic E-state index is 10.1. The minimum Gasteiger partial charge on any atom is -0.264 e. The Morgan fingerprint density at radius 1 is 1.36 bits per heavy atom. The van der Waals surface area contributed by atoms with E-state index in [1.54, 1.807) is 23.5 Å². The van der Waals surface area contributed by atoms with Crippen molar-refractivity contribution < 1.29 is 4.92 Å². The van der Waals surface area contributed by atoms with Gasteiger partial charge in [-0.05, 0) is 11.5 Å². The molecule has 0 aromatic heterocycles. The summed E-state index contributed by atoms with van der Waals surface area (Å²) >= 11 is 3.30. The van der Waals surface area contributed by atoms with Crippen LogP contribution in [0, 0.1) is 10.1 Å². The van der Waals surface area contributed by atoms with E-state index in [-0.39, 0.29) is 16.1 Å². The second kappa shape index (κ2) is 6.79. The molecule has 0 saturated carbocycles. The Balaban J connectivity index is 3.59. The maximum Gasteiger partial charge on any atom is 0.224 e. The van der Waals surface area contributed by atoms with E-state index >= 15 is 0 Å². The van der Waals surface area contributed by atoms with Gasteiger partial charge in [-0.3, -0.25) is 10.1 Å². The summed E-state index contributed by atoms with van der Waals surface area (Å²) in [5, 5.41) is 10.1. The van der Waals surface area contributed by atoms with Crippen molar-refractivity contribution in [2.24, 2.45) is 0 Å². The molecule has 0 aliphatic carbocycles. The van der Waals surface area contributed by atoms with Gasteiger partial charge in [-0.25, -0.2) is 0 Å². The van der Waals surface area contributed by atoms with Gasteiger partial charge in [0.05, 0.1) is 0 Å². The molecular formula is C6H13NO2S2. The molecule has 11 heavy (non-hydrogen) atoms. The molecule has 0 spiro atoms. The van der Waals surface area contributed by atoms with Crippen molar-refractivity contribution in [3.8, 4) is 0 Å². The topological polar surface area (TPSA) is 43.1 Å². The Labute approximate surface area is 75.5 Å². The van der Waals surface area contributed by atoms with Gasteiger partial charge in [-0.2, -0.15) is 0 Å². The third-order valence-corrected chi connectivity index (χ3v) is 3.53. The summed E-state index contributed by atoms with van der Waals surface area (Å²) in [4.78, 5) is 9.90. The van der Waals surface area contributed by atoms with Crippen molar-refractivity contribution in [3.63, 3.8) is 0 Å². The largest absolute Gasteiger partial charge is 0.264 e.